The highest BCUT2D eigenvalue weighted by molar-refractivity contribution is 5.94. The van der Waals surface area contributed by atoms with E-state index in [2.05, 4.69) is 5.32 Å². The Morgan fingerprint density at radius 2 is 2.00 bits per heavy atom. The molecule has 0 bridgehead atoms. The average Bonchev–Trinajstić information content (AvgIpc) is 2.35. The molecule has 5 heteroatoms. The van der Waals surface area contributed by atoms with Gasteiger partial charge in [0.15, 0.2) is 0 Å². The van der Waals surface area contributed by atoms with Gasteiger partial charge in [-0.15, -0.1) is 0 Å². The maximum Gasteiger partial charge on any atom is 0.245 e. The van der Waals surface area contributed by atoms with Crippen LogP contribution in [0.1, 0.15) is 5.56 Å². The van der Waals surface area contributed by atoms with Crippen LogP contribution in [0.5, 0.6) is 0 Å². The monoisotopic (exact) mass is 234 g/mol. The van der Waals surface area contributed by atoms with Gasteiger partial charge in [0.2, 0.25) is 11.8 Å². The number of benzene rings is 1. The van der Waals surface area contributed by atoms with Crippen LogP contribution in [0.15, 0.2) is 30.3 Å². The summed E-state index contributed by atoms with van der Waals surface area (Å²) in [5.74, 6) is -0.476. The first-order chi connectivity index (χ1) is 8.22. The number of aliphatic hydroxyl groups is 1. The third kappa shape index (κ3) is 2.45. The summed E-state index contributed by atoms with van der Waals surface area (Å²) in [4.78, 5) is 24.6. The first kappa shape index (κ1) is 11.6. The van der Waals surface area contributed by atoms with Crippen LogP contribution in [0.25, 0.3) is 0 Å². The molecule has 1 aliphatic rings. The Kier molecular flexibility index (Phi) is 3.39. The predicted octanol–water partition coefficient (Wildman–Crippen LogP) is -0.494. The van der Waals surface area contributed by atoms with Gasteiger partial charge in [0.05, 0.1) is 13.2 Å². The maximum atomic E-state index is 11.7. The van der Waals surface area contributed by atoms with Crippen molar-refractivity contribution in [2.24, 2.45) is 0 Å². The van der Waals surface area contributed by atoms with Crippen LogP contribution < -0.4 is 5.32 Å². The molecule has 2 N–H and O–H groups in total. The molecule has 0 aliphatic carbocycles. The topological polar surface area (TPSA) is 69.6 Å². The third-order valence-corrected chi connectivity index (χ3v) is 2.78. The number of aliphatic hydroxyl groups excluding tert-OH is 1. The Morgan fingerprint density at radius 3 is 2.65 bits per heavy atom. The van der Waals surface area contributed by atoms with Gasteiger partial charge in [0, 0.05) is 6.54 Å². The van der Waals surface area contributed by atoms with Crippen LogP contribution in [-0.2, 0) is 16.1 Å². The molecule has 1 aliphatic heterocycles. The van der Waals surface area contributed by atoms with Gasteiger partial charge in [-0.05, 0) is 5.56 Å². The van der Waals surface area contributed by atoms with E-state index >= 15 is 0 Å². The van der Waals surface area contributed by atoms with Crippen molar-refractivity contribution in [1.82, 2.24) is 10.2 Å². The Labute approximate surface area is 99.0 Å². The van der Waals surface area contributed by atoms with E-state index in [1.807, 2.05) is 30.3 Å². The van der Waals surface area contributed by atoms with Gasteiger partial charge >= 0.3 is 0 Å². The Hall–Kier alpha value is -1.88. The zero-order valence-corrected chi connectivity index (χ0v) is 9.30. The van der Waals surface area contributed by atoms with Crippen molar-refractivity contribution in [3.8, 4) is 0 Å². The summed E-state index contributed by atoms with van der Waals surface area (Å²) in [6.45, 7) is -0.00903. The second-order valence-electron chi connectivity index (χ2n) is 3.92. The van der Waals surface area contributed by atoms with Crippen LogP contribution in [0, 0.1) is 0 Å². The van der Waals surface area contributed by atoms with E-state index in [0.29, 0.717) is 6.54 Å². The number of carbonyl (C=O) groups is 2. The van der Waals surface area contributed by atoms with E-state index in [-0.39, 0.29) is 25.0 Å². The molecule has 17 heavy (non-hydrogen) atoms. The summed E-state index contributed by atoms with van der Waals surface area (Å²) in [7, 11) is 0. The highest BCUT2D eigenvalue weighted by Gasteiger charge is 2.33. The molecule has 90 valence electrons. The zero-order chi connectivity index (χ0) is 12.3. The van der Waals surface area contributed by atoms with Crippen molar-refractivity contribution in [1.29, 1.82) is 0 Å². The highest BCUT2D eigenvalue weighted by Crippen LogP contribution is 2.11. The summed E-state index contributed by atoms with van der Waals surface area (Å²) in [5, 5.41) is 11.6. The lowest BCUT2D eigenvalue weighted by Gasteiger charge is -2.33. The van der Waals surface area contributed by atoms with Gasteiger partial charge in [-0.1, -0.05) is 30.3 Å². The van der Waals surface area contributed by atoms with Gasteiger partial charge in [-0.25, -0.2) is 0 Å². The molecule has 2 rings (SSSR count). The highest BCUT2D eigenvalue weighted by atomic mass is 16.3. The van der Waals surface area contributed by atoms with Crippen LogP contribution in [0.2, 0.25) is 0 Å². The SMILES string of the molecule is O=C1NCC(=O)N(Cc2ccccc2)C1CO. The molecule has 1 aromatic rings. The van der Waals surface area contributed by atoms with E-state index in [1.165, 1.54) is 4.90 Å². The van der Waals surface area contributed by atoms with Gasteiger partial charge in [-0.3, -0.25) is 9.59 Å². The minimum Gasteiger partial charge on any atom is -0.394 e. The molecule has 0 radical (unpaired) electrons. The van der Waals surface area contributed by atoms with Crippen molar-refractivity contribution < 1.29 is 14.7 Å². The standard InChI is InChI=1S/C12H14N2O3/c15-8-10-12(17)13-6-11(16)14(10)7-9-4-2-1-3-5-9/h1-5,10,15H,6-8H2,(H,13,17). The van der Waals surface area contributed by atoms with E-state index in [4.69, 9.17) is 0 Å². The lowest BCUT2D eigenvalue weighted by molar-refractivity contribution is -0.147. The smallest absolute Gasteiger partial charge is 0.245 e. The fraction of sp³-hybridized carbons (Fsp3) is 0.333. The second kappa shape index (κ2) is 4.97. The third-order valence-electron chi connectivity index (χ3n) is 2.78. The zero-order valence-electron chi connectivity index (χ0n) is 9.30. The Balaban J connectivity index is 2.16. The molecule has 0 saturated carbocycles. The fourth-order valence-corrected chi connectivity index (χ4v) is 1.86. The molecule has 2 amide bonds. The van der Waals surface area contributed by atoms with Crippen molar-refractivity contribution in [2.75, 3.05) is 13.2 Å². The molecule has 1 heterocycles. The molecule has 1 atom stereocenters. The second-order valence-corrected chi connectivity index (χ2v) is 3.92. The first-order valence-electron chi connectivity index (χ1n) is 5.44. The van der Waals surface area contributed by atoms with Crippen LogP contribution >= 0.6 is 0 Å². The lowest BCUT2D eigenvalue weighted by Crippen LogP contribution is -2.59. The maximum absolute atomic E-state index is 11.7. The van der Waals surface area contributed by atoms with Crippen LogP contribution in [0.4, 0.5) is 0 Å². The summed E-state index contributed by atoms with van der Waals surface area (Å²) >= 11 is 0. The number of hydrogen-bond acceptors (Lipinski definition) is 3. The predicted molar refractivity (Wildman–Crippen MR) is 60.9 cm³/mol. The number of amides is 2. The molecule has 1 unspecified atom stereocenters. The normalized spacial score (nSPS) is 20.3. The Morgan fingerprint density at radius 1 is 1.29 bits per heavy atom. The number of piperazine rings is 1. The lowest BCUT2D eigenvalue weighted by atomic mass is 10.1. The minimum absolute atomic E-state index is 0.00215. The first-order valence-corrected chi connectivity index (χ1v) is 5.44. The molecular formula is C12H14N2O3. The van der Waals surface area contributed by atoms with E-state index in [0.717, 1.165) is 5.56 Å². The van der Waals surface area contributed by atoms with Crippen molar-refractivity contribution in [2.45, 2.75) is 12.6 Å². The van der Waals surface area contributed by atoms with E-state index < -0.39 is 6.04 Å². The quantitative estimate of drug-likeness (QED) is 0.741. The van der Waals surface area contributed by atoms with Gasteiger partial charge in [0.1, 0.15) is 6.04 Å². The summed E-state index contributed by atoms with van der Waals surface area (Å²) in [6, 6.07) is 8.62. The largest absolute Gasteiger partial charge is 0.394 e. The molecule has 1 fully saturated rings. The molecule has 0 aromatic heterocycles. The molecular weight excluding hydrogens is 220 g/mol. The molecule has 1 aromatic carbocycles. The number of carbonyl (C=O) groups excluding carboxylic acids is 2. The van der Waals surface area contributed by atoms with Gasteiger partial charge in [-0.2, -0.15) is 0 Å². The van der Waals surface area contributed by atoms with Gasteiger partial charge in [0.25, 0.3) is 0 Å². The Bertz CT molecular complexity index is 419. The van der Waals surface area contributed by atoms with Crippen LogP contribution in [0.3, 0.4) is 0 Å². The van der Waals surface area contributed by atoms with Crippen molar-refractivity contribution in [3.05, 3.63) is 35.9 Å². The van der Waals surface area contributed by atoms with E-state index in [1.54, 1.807) is 0 Å². The number of rotatable bonds is 3. The molecule has 1 saturated heterocycles. The number of hydrogen-bond donors (Lipinski definition) is 2. The average molecular weight is 234 g/mol. The van der Waals surface area contributed by atoms with Gasteiger partial charge < -0.3 is 15.3 Å². The van der Waals surface area contributed by atoms with Crippen molar-refractivity contribution >= 4 is 11.8 Å². The summed E-state index contributed by atoms with van der Waals surface area (Å²) < 4.78 is 0. The van der Waals surface area contributed by atoms with Crippen LogP contribution in [-0.4, -0.2) is 41.0 Å². The summed E-state index contributed by atoms with van der Waals surface area (Å²) in [5.41, 5.74) is 0.939. The molecule has 5 nitrogen and oxygen atoms in total. The van der Waals surface area contributed by atoms with E-state index in [9.17, 15) is 14.7 Å². The minimum atomic E-state index is -0.781. The summed E-state index contributed by atoms with van der Waals surface area (Å²) in [6.07, 6.45) is 0. The molecule has 0 spiro atoms. The number of nitrogens with zero attached hydrogens (tertiary/aromatic N) is 1. The number of nitrogens with one attached hydrogen (secondary N) is 1. The van der Waals surface area contributed by atoms with Crippen molar-refractivity contribution in [3.63, 3.8) is 0 Å². The fourth-order valence-electron chi connectivity index (χ4n) is 1.86.